The van der Waals surface area contributed by atoms with Crippen LogP contribution in [0, 0.1) is 0 Å². The first-order valence-corrected chi connectivity index (χ1v) is 12.0. The zero-order chi connectivity index (χ0) is 23.1. The number of nitrogens with one attached hydrogen (secondary N) is 1. The van der Waals surface area contributed by atoms with Gasteiger partial charge in [0.05, 0.1) is 0 Å². The molecule has 32 heavy (non-hydrogen) atoms. The SMILES string of the molecule is CCCCc1[se]c(NC(=O)c2cc(OC)c(OC)c(OC)c2)nc1-c1ccc(OC)cc1. The van der Waals surface area contributed by atoms with Gasteiger partial charge in [-0.15, -0.1) is 0 Å². The third-order valence-electron chi connectivity index (χ3n) is 4.97. The molecule has 0 aliphatic rings. The number of ether oxygens (including phenoxy) is 4. The number of unbranched alkanes of at least 4 members (excludes halogenated alkanes) is 1. The number of nitrogens with zero attached hydrogens (tertiary/aromatic N) is 1. The number of hydrogen-bond acceptors (Lipinski definition) is 6. The summed E-state index contributed by atoms with van der Waals surface area (Å²) < 4.78 is 23.3. The van der Waals surface area contributed by atoms with Crippen LogP contribution in [0.2, 0.25) is 0 Å². The summed E-state index contributed by atoms with van der Waals surface area (Å²) in [4.78, 5) is 17.8. The molecule has 8 heteroatoms. The molecule has 0 fully saturated rings. The molecule has 1 heterocycles. The molecule has 170 valence electrons. The summed E-state index contributed by atoms with van der Waals surface area (Å²) in [5, 5.41) is 2.98. The summed E-state index contributed by atoms with van der Waals surface area (Å²) in [6.45, 7) is 2.17. The van der Waals surface area contributed by atoms with E-state index >= 15 is 0 Å². The maximum absolute atomic E-state index is 13.0. The number of hydrogen-bond donors (Lipinski definition) is 1. The first kappa shape index (κ1) is 23.7. The minimum absolute atomic E-state index is 0.0548. The number of amides is 1. The van der Waals surface area contributed by atoms with Crippen molar-refractivity contribution in [1.29, 1.82) is 0 Å². The van der Waals surface area contributed by atoms with Crippen LogP contribution in [-0.2, 0) is 6.42 Å². The standard InChI is InChI=1S/C24H28N2O5Se/c1-6-7-8-20-21(15-9-11-17(28-2)12-10-15)25-24(32-20)26-23(27)16-13-18(29-3)22(31-5)19(14-16)30-4/h9-14H,6-8H2,1-5H3,(H,25,26,27). The van der Waals surface area contributed by atoms with E-state index in [9.17, 15) is 4.79 Å². The number of benzene rings is 2. The Kier molecular flexibility index (Phi) is 8.20. The van der Waals surface area contributed by atoms with E-state index in [1.807, 2.05) is 24.3 Å². The van der Waals surface area contributed by atoms with Crippen LogP contribution in [0.1, 0.15) is 34.6 Å². The molecule has 0 saturated heterocycles. The van der Waals surface area contributed by atoms with Crippen LogP contribution in [0.5, 0.6) is 23.0 Å². The van der Waals surface area contributed by atoms with E-state index in [1.165, 1.54) is 25.8 Å². The van der Waals surface area contributed by atoms with Crippen molar-refractivity contribution in [2.75, 3.05) is 33.8 Å². The number of aromatic nitrogens is 1. The first-order chi connectivity index (χ1) is 15.5. The van der Waals surface area contributed by atoms with Crippen LogP contribution < -0.4 is 24.3 Å². The Morgan fingerprint density at radius 1 is 0.969 bits per heavy atom. The number of anilines is 1. The fourth-order valence-corrected chi connectivity index (χ4v) is 5.41. The fraction of sp³-hybridized carbons (Fsp3) is 0.333. The van der Waals surface area contributed by atoms with E-state index in [-0.39, 0.29) is 20.4 Å². The van der Waals surface area contributed by atoms with E-state index in [0.717, 1.165) is 36.3 Å². The van der Waals surface area contributed by atoms with Gasteiger partial charge < -0.3 is 0 Å². The van der Waals surface area contributed by atoms with Crippen LogP contribution in [0.4, 0.5) is 4.69 Å². The van der Waals surface area contributed by atoms with Gasteiger partial charge in [-0.2, -0.15) is 0 Å². The Balaban J connectivity index is 1.91. The van der Waals surface area contributed by atoms with Gasteiger partial charge in [0.25, 0.3) is 0 Å². The molecule has 7 nitrogen and oxygen atoms in total. The van der Waals surface area contributed by atoms with Crippen molar-refractivity contribution in [3.05, 3.63) is 46.4 Å². The molecule has 0 saturated carbocycles. The van der Waals surface area contributed by atoms with Gasteiger partial charge in [0.1, 0.15) is 0 Å². The van der Waals surface area contributed by atoms with Crippen LogP contribution in [0.25, 0.3) is 11.3 Å². The van der Waals surface area contributed by atoms with Crippen molar-refractivity contribution >= 4 is 25.1 Å². The first-order valence-electron chi connectivity index (χ1n) is 10.3. The monoisotopic (exact) mass is 504 g/mol. The molecule has 0 atom stereocenters. The number of carbonyl (C=O) groups is 1. The molecular formula is C24H28N2O5Se. The van der Waals surface area contributed by atoms with Gasteiger partial charge in [-0.25, -0.2) is 0 Å². The quantitative estimate of drug-likeness (QED) is 0.413. The van der Waals surface area contributed by atoms with Crippen LogP contribution in [0.3, 0.4) is 0 Å². The van der Waals surface area contributed by atoms with Crippen molar-refractivity contribution in [3.63, 3.8) is 0 Å². The summed E-state index contributed by atoms with van der Waals surface area (Å²) in [6, 6.07) is 11.1. The number of methoxy groups -OCH3 is 4. The molecule has 0 aliphatic heterocycles. The van der Waals surface area contributed by atoms with Gasteiger partial charge in [0, 0.05) is 0 Å². The average Bonchev–Trinajstić information content (AvgIpc) is 3.23. The topological polar surface area (TPSA) is 78.9 Å². The average molecular weight is 503 g/mol. The van der Waals surface area contributed by atoms with E-state index in [1.54, 1.807) is 19.2 Å². The second-order valence-corrected chi connectivity index (χ2v) is 9.26. The van der Waals surface area contributed by atoms with Crippen LogP contribution >= 0.6 is 0 Å². The van der Waals surface area contributed by atoms with Crippen molar-refractivity contribution in [1.82, 2.24) is 4.98 Å². The molecule has 0 bridgehead atoms. The second kappa shape index (κ2) is 11.1. The van der Waals surface area contributed by atoms with Gasteiger partial charge in [-0.1, -0.05) is 0 Å². The van der Waals surface area contributed by atoms with Crippen molar-refractivity contribution in [2.45, 2.75) is 26.2 Å². The number of carbonyl (C=O) groups excluding carboxylic acids is 1. The van der Waals surface area contributed by atoms with E-state index in [0.29, 0.717) is 27.5 Å². The Morgan fingerprint density at radius 2 is 1.62 bits per heavy atom. The predicted octanol–water partition coefficient (Wildman–Crippen LogP) is 4.43. The van der Waals surface area contributed by atoms with Gasteiger partial charge in [0.15, 0.2) is 0 Å². The molecule has 3 aromatic rings. The molecule has 0 radical (unpaired) electrons. The predicted molar refractivity (Wildman–Crippen MR) is 126 cm³/mol. The van der Waals surface area contributed by atoms with Crippen molar-refractivity contribution < 1.29 is 23.7 Å². The zero-order valence-electron chi connectivity index (χ0n) is 19.0. The van der Waals surface area contributed by atoms with Crippen LogP contribution in [0.15, 0.2) is 36.4 Å². The summed E-state index contributed by atoms with van der Waals surface area (Å²) in [7, 11) is 6.22. The Bertz CT molecular complexity index is 1040. The molecule has 1 N–H and O–H groups in total. The molecule has 0 unspecified atom stereocenters. The Morgan fingerprint density at radius 3 is 2.16 bits per heavy atom. The third-order valence-corrected chi connectivity index (χ3v) is 7.13. The van der Waals surface area contributed by atoms with Gasteiger partial charge in [-0.05, 0) is 0 Å². The van der Waals surface area contributed by atoms with E-state index in [4.69, 9.17) is 23.9 Å². The summed E-state index contributed by atoms with van der Waals surface area (Å²) >= 11 is -0.0548. The number of rotatable bonds is 10. The summed E-state index contributed by atoms with van der Waals surface area (Å²) in [5.74, 6) is 1.83. The summed E-state index contributed by atoms with van der Waals surface area (Å²) in [5.41, 5.74) is 2.38. The molecular weight excluding hydrogens is 475 g/mol. The van der Waals surface area contributed by atoms with Crippen LogP contribution in [-0.4, -0.2) is 53.8 Å². The fourth-order valence-electron chi connectivity index (χ4n) is 3.27. The van der Waals surface area contributed by atoms with Gasteiger partial charge in [-0.3, -0.25) is 0 Å². The normalized spacial score (nSPS) is 10.5. The molecule has 3 rings (SSSR count). The summed E-state index contributed by atoms with van der Waals surface area (Å²) in [6.07, 6.45) is 3.15. The molecule has 1 amide bonds. The van der Waals surface area contributed by atoms with Gasteiger partial charge >= 0.3 is 194 Å². The van der Waals surface area contributed by atoms with Crippen molar-refractivity contribution in [3.8, 4) is 34.3 Å². The van der Waals surface area contributed by atoms with E-state index < -0.39 is 0 Å². The zero-order valence-corrected chi connectivity index (χ0v) is 20.7. The molecule has 0 aliphatic carbocycles. The van der Waals surface area contributed by atoms with Crippen molar-refractivity contribution in [2.24, 2.45) is 0 Å². The third kappa shape index (κ3) is 5.26. The maximum atomic E-state index is 13.0. The Hall–Kier alpha value is -2.96. The number of aryl methyl sites for hydroxylation is 1. The van der Waals surface area contributed by atoms with E-state index in [2.05, 4.69) is 12.2 Å². The minimum atomic E-state index is -0.268. The van der Waals surface area contributed by atoms with Gasteiger partial charge in [0.2, 0.25) is 0 Å². The molecule has 2 aromatic carbocycles. The molecule has 1 aromatic heterocycles. The Labute approximate surface area is 194 Å². The molecule has 0 spiro atoms. The second-order valence-electron chi connectivity index (χ2n) is 6.99.